The minimum Gasteiger partial charge on any atom is -0.370 e. The Morgan fingerprint density at radius 3 is 3.00 bits per heavy atom. The summed E-state index contributed by atoms with van der Waals surface area (Å²) in [5.74, 6) is 0.753. The summed E-state index contributed by atoms with van der Waals surface area (Å²) < 4.78 is 1.75. The summed E-state index contributed by atoms with van der Waals surface area (Å²) in [4.78, 5) is 29.6. The lowest BCUT2D eigenvalue weighted by atomic mass is 10.2. The molecule has 7 heteroatoms. The van der Waals surface area contributed by atoms with E-state index in [1.54, 1.807) is 6.20 Å². The zero-order chi connectivity index (χ0) is 14.5. The minimum absolute atomic E-state index is 0.323. The molecule has 0 spiro atoms. The Morgan fingerprint density at radius 2 is 2.25 bits per heavy atom. The van der Waals surface area contributed by atoms with Gasteiger partial charge in [0, 0.05) is 24.5 Å². The van der Waals surface area contributed by atoms with Crippen LogP contribution in [0.25, 0.3) is 0 Å². The predicted octanol–water partition coefficient (Wildman–Crippen LogP) is 1.56. The molecule has 0 radical (unpaired) electrons. The van der Waals surface area contributed by atoms with E-state index in [2.05, 4.69) is 38.1 Å². The number of aromatic nitrogens is 3. The molecule has 0 aliphatic heterocycles. The van der Waals surface area contributed by atoms with Gasteiger partial charge in [-0.2, -0.15) is 0 Å². The fourth-order valence-corrected chi connectivity index (χ4v) is 2.10. The first-order chi connectivity index (χ1) is 9.61. The van der Waals surface area contributed by atoms with E-state index in [0.717, 1.165) is 24.3 Å². The highest BCUT2D eigenvalue weighted by atomic mass is 79.9. The lowest BCUT2D eigenvalue weighted by Crippen LogP contribution is -2.30. The fraction of sp³-hybridized carbons (Fsp3) is 0.308. The topological polar surface area (TPSA) is 79.8 Å². The van der Waals surface area contributed by atoms with Gasteiger partial charge in [0.15, 0.2) is 0 Å². The molecule has 0 unspecified atom stereocenters. The van der Waals surface area contributed by atoms with Crippen molar-refractivity contribution in [1.82, 2.24) is 14.5 Å². The van der Waals surface area contributed by atoms with Crippen LogP contribution in [-0.2, 0) is 6.54 Å². The quantitative estimate of drug-likeness (QED) is 0.867. The van der Waals surface area contributed by atoms with Gasteiger partial charge < -0.3 is 5.32 Å². The first-order valence-electron chi connectivity index (χ1n) is 6.29. The SMILES string of the molecule is CCCNc1ncccc1Cn1cc(Br)c(=O)[nH]c1=O. The lowest BCUT2D eigenvalue weighted by molar-refractivity contribution is 0.714. The van der Waals surface area contributed by atoms with Crippen LogP contribution in [0.4, 0.5) is 5.82 Å². The van der Waals surface area contributed by atoms with Crippen molar-refractivity contribution in [3.05, 3.63) is 55.4 Å². The highest BCUT2D eigenvalue weighted by molar-refractivity contribution is 9.10. The van der Waals surface area contributed by atoms with Gasteiger partial charge in [-0.15, -0.1) is 0 Å². The molecule has 106 valence electrons. The summed E-state index contributed by atoms with van der Waals surface area (Å²) in [5, 5.41) is 3.22. The third-order valence-corrected chi connectivity index (χ3v) is 3.31. The van der Waals surface area contributed by atoms with E-state index in [0.29, 0.717) is 11.0 Å². The average Bonchev–Trinajstić information content (AvgIpc) is 2.44. The number of anilines is 1. The number of halogens is 1. The largest absolute Gasteiger partial charge is 0.370 e. The third kappa shape index (κ3) is 3.36. The summed E-state index contributed by atoms with van der Waals surface area (Å²) in [5.41, 5.74) is 0.0206. The summed E-state index contributed by atoms with van der Waals surface area (Å²) in [6, 6.07) is 3.72. The van der Waals surface area contributed by atoms with E-state index in [-0.39, 0.29) is 0 Å². The summed E-state index contributed by atoms with van der Waals surface area (Å²) in [6.07, 6.45) is 4.17. The van der Waals surface area contributed by atoms with E-state index >= 15 is 0 Å². The maximum absolute atomic E-state index is 11.8. The van der Waals surface area contributed by atoms with Gasteiger partial charge in [-0.1, -0.05) is 13.0 Å². The van der Waals surface area contributed by atoms with E-state index < -0.39 is 11.2 Å². The van der Waals surface area contributed by atoms with Crippen LogP contribution in [-0.4, -0.2) is 21.1 Å². The van der Waals surface area contributed by atoms with E-state index in [9.17, 15) is 9.59 Å². The Morgan fingerprint density at radius 1 is 1.45 bits per heavy atom. The molecule has 0 fully saturated rings. The van der Waals surface area contributed by atoms with Crippen molar-refractivity contribution in [1.29, 1.82) is 0 Å². The van der Waals surface area contributed by atoms with E-state index in [1.165, 1.54) is 10.8 Å². The summed E-state index contributed by atoms with van der Waals surface area (Å²) in [7, 11) is 0. The number of nitrogens with zero attached hydrogens (tertiary/aromatic N) is 2. The van der Waals surface area contributed by atoms with Crippen LogP contribution in [0.2, 0.25) is 0 Å². The maximum Gasteiger partial charge on any atom is 0.328 e. The minimum atomic E-state index is -0.441. The van der Waals surface area contributed by atoms with Crippen LogP contribution < -0.4 is 16.6 Å². The lowest BCUT2D eigenvalue weighted by Gasteiger charge is -2.11. The van der Waals surface area contributed by atoms with Gasteiger partial charge in [0.2, 0.25) is 0 Å². The summed E-state index contributed by atoms with van der Waals surface area (Å²) in [6.45, 7) is 3.22. The molecule has 0 aromatic carbocycles. The van der Waals surface area contributed by atoms with Crippen molar-refractivity contribution >= 4 is 21.7 Å². The second-order valence-electron chi connectivity index (χ2n) is 4.30. The standard InChI is InChI=1S/C13H15BrN4O2/c1-2-5-15-11-9(4-3-6-16-11)7-18-8-10(14)12(19)17-13(18)20/h3-4,6,8H,2,5,7H2,1H3,(H,15,16)(H,17,19,20). The van der Waals surface area contributed by atoms with Crippen molar-refractivity contribution in [3.63, 3.8) is 0 Å². The molecule has 2 heterocycles. The molecular weight excluding hydrogens is 324 g/mol. The molecule has 0 saturated carbocycles. The molecule has 20 heavy (non-hydrogen) atoms. The Hall–Kier alpha value is -1.89. The van der Waals surface area contributed by atoms with Crippen LogP contribution in [0.5, 0.6) is 0 Å². The van der Waals surface area contributed by atoms with Crippen LogP contribution >= 0.6 is 15.9 Å². The van der Waals surface area contributed by atoms with Gasteiger partial charge in [0.1, 0.15) is 5.82 Å². The van der Waals surface area contributed by atoms with E-state index in [1.807, 2.05) is 12.1 Å². The van der Waals surface area contributed by atoms with Gasteiger partial charge in [-0.05, 0) is 28.4 Å². The van der Waals surface area contributed by atoms with Crippen LogP contribution in [0.3, 0.4) is 0 Å². The van der Waals surface area contributed by atoms with Gasteiger partial charge in [-0.25, -0.2) is 9.78 Å². The van der Waals surface area contributed by atoms with Gasteiger partial charge in [0.25, 0.3) is 5.56 Å². The molecule has 2 aromatic rings. The first-order valence-corrected chi connectivity index (χ1v) is 7.08. The monoisotopic (exact) mass is 338 g/mol. The number of H-pyrrole nitrogens is 1. The fourth-order valence-electron chi connectivity index (χ4n) is 1.75. The van der Waals surface area contributed by atoms with Crippen molar-refractivity contribution in [3.8, 4) is 0 Å². The second kappa shape index (κ2) is 6.51. The Kier molecular flexibility index (Phi) is 4.73. The molecule has 0 bridgehead atoms. The molecular formula is C13H15BrN4O2. The van der Waals surface area contributed by atoms with Crippen molar-refractivity contribution in [2.24, 2.45) is 0 Å². The summed E-state index contributed by atoms with van der Waals surface area (Å²) >= 11 is 3.12. The number of hydrogen-bond donors (Lipinski definition) is 2. The first kappa shape index (κ1) is 14.5. The zero-order valence-electron chi connectivity index (χ0n) is 11.0. The zero-order valence-corrected chi connectivity index (χ0v) is 12.6. The van der Waals surface area contributed by atoms with Gasteiger partial charge in [-0.3, -0.25) is 14.3 Å². The number of pyridine rings is 1. The number of nitrogens with one attached hydrogen (secondary N) is 2. The van der Waals surface area contributed by atoms with Crippen molar-refractivity contribution in [2.45, 2.75) is 19.9 Å². The average molecular weight is 339 g/mol. The highest BCUT2D eigenvalue weighted by Gasteiger charge is 2.07. The number of hydrogen-bond acceptors (Lipinski definition) is 4. The van der Waals surface area contributed by atoms with Crippen LogP contribution in [0, 0.1) is 0 Å². The molecule has 6 nitrogen and oxygen atoms in total. The second-order valence-corrected chi connectivity index (χ2v) is 5.16. The molecule has 0 amide bonds. The Balaban J connectivity index is 2.33. The molecule has 0 aliphatic rings. The van der Waals surface area contributed by atoms with Crippen LogP contribution in [0.1, 0.15) is 18.9 Å². The predicted molar refractivity (Wildman–Crippen MR) is 81.1 cm³/mol. The molecule has 0 aliphatic carbocycles. The molecule has 2 aromatic heterocycles. The smallest absolute Gasteiger partial charge is 0.328 e. The molecule has 2 rings (SSSR count). The van der Waals surface area contributed by atoms with Crippen LogP contribution in [0.15, 0.2) is 38.6 Å². The van der Waals surface area contributed by atoms with Crippen molar-refractivity contribution < 1.29 is 0 Å². The molecule has 0 saturated heterocycles. The number of aromatic amines is 1. The third-order valence-electron chi connectivity index (χ3n) is 2.74. The number of rotatable bonds is 5. The molecule has 2 N–H and O–H groups in total. The molecule has 0 atom stereocenters. The normalized spacial score (nSPS) is 10.5. The van der Waals surface area contributed by atoms with Crippen molar-refractivity contribution in [2.75, 3.05) is 11.9 Å². The highest BCUT2D eigenvalue weighted by Crippen LogP contribution is 2.12. The maximum atomic E-state index is 11.8. The Labute approximate surface area is 124 Å². The Bertz CT molecular complexity index is 708. The van der Waals surface area contributed by atoms with Gasteiger partial charge in [0.05, 0.1) is 11.0 Å². The van der Waals surface area contributed by atoms with E-state index in [4.69, 9.17) is 0 Å². The van der Waals surface area contributed by atoms with Gasteiger partial charge >= 0.3 is 5.69 Å².